The number of anilines is 4. The van der Waals surface area contributed by atoms with E-state index in [-0.39, 0.29) is 183 Å². The molecular formula is C82H92ClN17O23S. The minimum absolute atomic E-state index is 0.0130. The lowest BCUT2D eigenvalue weighted by Crippen LogP contribution is -2.60. The van der Waals surface area contributed by atoms with Gasteiger partial charge in [0.2, 0.25) is 18.1 Å². The van der Waals surface area contributed by atoms with Gasteiger partial charge in [-0.2, -0.15) is 4.98 Å². The number of ether oxygens (including phenoxy) is 4. The number of ketones is 2. The van der Waals surface area contributed by atoms with Crippen LogP contribution < -0.4 is 61.6 Å². The number of nitrogen functional groups attached to an aromatic ring is 1. The van der Waals surface area contributed by atoms with Crippen LogP contribution in [-0.2, 0) is 63.3 Å². The number of rotatable bonds is 44. The second-order valence-corrected chi connectivity index (χ2v) is 30.8. The van der Waals surface area contributed by atoms with Crippen molar-refractivity contribution in [2.24, 2.45) is 11.7 Å². The Labute approximate surface area is 712 Å². The molecule has 2 aliphatic rings. The van der Waals surface area contributed by atoms with E-state index in [1.54, 1.807) is 66.2 Å². The number of nitrogens with two attached hydrogens (primary N) is 2. The molecule has 16 N–H and O–H groups in total. The number of H-pyrrole nitrogens is 1. The van der Waals surface area contributed by atoms with Crippen molar-refractivity contribution in [3.05, 3.63) is 183 Å². The molecule has 1 saturated heterocycles. The third-order valence-corrected chi connectivity index (χ3v) is 21.6. The number of aliphatic hydroxyl groups excluding tert-OH is 4. The number of fused-ring (bicyclic) bond motifs is 5. The summed E-state index contributed by atoms with van der Waals surface area (Å²) >= 11 is 6.64. The van der Waals surface area contributed by atoms with Crippen LogP contribution in [0.2, 0.25) is 0 Å². The van der Waals surface area contributed by atoms with Gasteiger partial charge in [-0.05, 0) is 141 Å². The molecule has 1 fully saturated rings. The van der Waals surface area contributed by atoms with Gasteiger partial charge in [-0.1, -0.05) is 29.8 Å². The molecular weight excluding hydrogens is 1660 g/mol. The van der Waals surface area contributed by atoms with E-state index in [0.29, 0.717) is 77.2 Å². The van der Waals surface area contributed by atoms with Crippen LogP contribution >= 0.6 is 11.6 Å². The molecule has 10 aromatic rings. The smallest absolute Gasteiger partial charge is 0.501 e. The van der Waals surface area contributed by atoms with E-state index in [2.05, 4.69) is 61.8 Å². The van der Waals surface area contributed by atoms with Crippen molar-refractivity contribution in [2.75, 3.05) is 86.4 Å². The van der Waals surface area contributed by atoms with Crippen molar-refractivity contribution < 1.29 is 105 Å². The van der Waals surface area contributed by atoms with Gasteiger partial charge >= 0.3 is 16.4 Å². The summed E-state index contributed by atoms with van der Waals surface area (Å²) in [6.45, 7) is 2.17. The van der Waals surface area contributed by atoms with Crippen molar-refractivity contribution in [1.82, 2.24) is 60.3 Å². The Morgan fingerprint density at radius 2 is 1.48 bits per heavy atom. The third-order valence-electron chi connectivity index (χ3n) is 20.4. The standard InChI is InChI=1S/C82H92ClN17O23S/c1-45-6-4-9-58-63(36-61-68(67(45)58)50(37-83)40-100(61)79(113)60-43-98-41-52(18-25-66(98)92-60)91-76(110)47-12-19-56(103)20-13-47)122-124(116,117)123-64-35-49(14-24-62(64)120-81-72(107)71(106)70(105)65(44-101)121-81)75(109)87-28-32-119-33-29-99-42-53(96-97-99)17-21-57(104)34-48(7-2-3-26-84)74(108)86-27-31-118-30-5-8-55(102)22-23-59(80(114)115)93-77(111)46-10-15-51(16-11-46)88-38-54-39-89-73-69(90-54)78(112)95-82(85)94-73/h4,6,9-16,18-20,24-25,35-36,39,41-43,48,50,59,65,70-72,81,88,101,103,105-107H,2-3,5,7-8,17,21-23,26-34,37-38,40,44,84H2,1H3,(H,86,108)(H,87,109)(H,91,110)(H,93,111)(H,114,115)(H3,85,89,94,95,112)/t48-,50-,59+,65-,70+,71+,72-,81?/m1/s1. The highest BCUT2D eigenvalue weighted by Crippen LogP contribution is 2.48. The number of carboxylic acid groups (broad SMARTS) is 1. The molecule has 0 saturated carbocycles. The number of unbranched alkanes of at least 4 members (excludes halogenated alkanes) is 1. The Kier molecular flexibility index (Phi) is 30.6. The van der Waals surface area contributed by atoms with Crippen molar-refractivity contribution in [2.45, 2.75) is 127 Å². The predicted molar refractivity (Wildman–Crippen MR) is 446 cm³/mol. The fraction of sp³-hybridized carbons (Fsp3) is 0.378. The number of pyridine rings is 1. The minimum atomic E-state index is -5.33. The fourth-order valence-electron chi connectivity index (χ4n) is 14.0. The van der Waals surface area contributed by atoms with Crippen LogP contribution in [-0.4, -0.2) is 232 Å². The normalized spacial score (nSPS) is 16.8. The third kappa shape index (κ3) is 23.3. The number of amides is 5. The first-order valence-electron chi connectivity index (χ1n) is 39.6. The van der Waals surface area contributed by atoms with Gasteiger partial charge in [0.05, 0.1) is 68.5 Å². The summed E-state index contributed by atoms with van der Waals surface area (Å²) in [5.74, 6) is -7.20. The van der Waals surface area contributed by atoms with E-state index in [1.165, 1.54) is 70.5 Å². The number of carbonyl (C=O) groups is 8. The Morgan fingerprint density at radius 1 is 0.742 bits per heavy atom. The molecule has 2 aliphatic heterocycles. The van der Waals surface area contributed by atoms with Crippen LogP contribution in [0, 0.1) is 12.8 Å². The zero-order valence-electron chi connectivity index (χ0n) is 66.9. The highest BCUT2D eigenvalue weighted by molar-refractivity contribution is 7.82. The molecule has 42 heteroatoms. The summed E-state index contributed by atoms with van der Waals surface area (Å²) in [5.41, 5.74) is 14.9. The van der Waals surface area contributed by atoms with Crippen LogP contribution in [0.5, 0.6) is 23.0 Å². The molecule has 0 aliphatic carbocycles. The molecule has 124 heavy (non-hydrogen) atoms. The van der Waals surface area contributed by atoms with E-state index in [0.717, 1.165) is 12.1 Å². The second kappa shape index (κ2) is 41.9. The molecule has 12 rings (SSSR count). The SMILES string of the molecule is Cc1cccc2c(OS(=O)(=O)Oc3cc(C(=O)NCCOCCn4cc(CCC(=O)C[C@@H](CCCCN)C(=O)NCCOCCCC(=O)CC[C@H](NC(=O)c5ccc(NCc6cnc7nc(N)[nH]c(=O)c7n6)cc5)C(=O)O)nn4)ccc3OC3O[C@H](CO)[C@H](O)[C@H](O)[C@H]3O)cc3c(c12)[C@H](CCl)CN3C(=O)c1cn2cc(NC(=O)c3ccc(O)cc3)ccc2n1. The van der Waals surface area contributed by atoms with Crippen LogP contribution in [0.1, 0.15) is 128 Å². The summed E-state index contributed by atoms with van der Waals surface area (Å²) in [5, 5.41) is 84.5. The highest BCUT2D eigenvalue weighted by Gasteiger charge is 2.46. The highest BCUT2D eigenvalue weighted by atomic mass is 35.5. The number of imidazole rings is 1. The number of aromatic amines is 1. The molecule has 40 nitrogen and oxygen atoms in total. The zero-order valence-corrected chi connectivity index (χ0v) is 68.5. The quantitative estimate of drug-likeness (QED) is 0.0191. The summed E-state index contributed by atoms with van der Waals surface area (Å²) in [6, 6.07) is 23.4. The van der Waals surface area contributed by atoms with Crippen molar-refractivity contribution in [3.8, 4) is 23.0 Å². The van der Waals surface area contributed by atoms with Gasteiger partial charge in [-0.3, -0.25) is 43.3 Å². The zero-order chi connectivity index (χ0) is 88.3. The molecule has 5 aromatic carbocycles. The number of aliphatic carboxylic acids is 1. The molecule has 7 heterocycles. The summed E-state index contributed by atoms with van der Waals surface area (Å²) in [6.07, 6.45) is -0.826. The number of halogens is 1. The first kappa shape index (κ1) is 90.5. The second-order valence-electron chi connectivity index (χ2n) is 29.4. The Morgan fingerprint density at radius 3 is 2.23 bits per heavy atom. The number of aromatic nitrogens is 9. The van der Waals surface area contributed by atoms with Gasteiger partial charge in [0.25, 0.3) is 29.2 Å². The number of aromatic hydroxyl groups is 1. The molecule has 0 radical (unpaired) electrons. The number of benzene rings is 5. The molecule has 0 bridgehead atoms. The van der Waals surface area contributed by atoms with Crippen LogP contribution in [0.15, 0.2) is 133 Å². The number of nitrogens with one attached hydrogen (secondary N) is 6. The van der Waals surface area contributed by atoms with Gasteiger partial charge < -0.3 is 105 Å². The lowest BCUT2D eigenvalue weighted by Gasteiger charge is -2.39. The average molecular weight is 1750 g/mol. The largest absolute Gasteiger partial charge is 0.508 e. The van der Waals surface area contributed by atoms with Crippen LogP contribution in [0.25, 0.3) is 27.6 Å². The first-order valence-corrected chi connectivity index (χ1v) is 41.5. The molecule has 8 atom stereocenters. The number of phenolic OH excluding ortho intramolecular Hbond substituents is 1. The monoisotopic (exact) mass is 1750 g/mol. The van der Waals surface area contributed by atoms with E-state index < -0.39 is 112 Å². The summed E-state index contributed by atoms with van der Waals surface area (Å²) in [7, 11) is -5.33. The fourth-order valence-corrected chi connectivity index (χ4v) is 15.0. The maximum Gasteiger partial charge on any atom is 0.501 e. The number of carboxylic acids is 1. The number of aliphatic hydroxyl groups is 4. The van der Waals surface area contributed by atoms with Crippen LogP contribution in [0.4, 0.5) is 23.0 Å². The lowest BCUT2D eigenvalue weighted by molar-refractivity contribution is -0.277. The first-order chi connectivity index (χ1) is 59.6. The van der Waals surface area contributed by atoms with Crippen LogP contribution in [0.3, 0.4) is 0 Å². The van der Waals surface area contributed by atoms with Crippen molar-refractivity contribution >= 4 is 120 Å². The lowest BCUT2D eigenvalue weighted by atomic mass is 9.92. The molecule has 0 spiro atoms. The topological polar surface area (TPSA) is 582 Å². The number of alkyl halides is 1. The van der Waals surface area contributed by atoms with Gasteiger partial charge in [-0.25, -0.2) is 24.4 Å². The number of phenols is 1. The number of nitrogens with zero attached hydrogens (tertiary/aromatic N) is 9. The maximum absolute atomic E-state index is 14.7. The van der Waals surface area contributed by atoms with Gasteiger partial charge in [0.1, 0.15) is 59.1 Å². The minimum Gasteiger partial charge on any atom is -0.508 e. The number of hydrogen-bond donors (Lipinski definition) is 14. The molecule has 1 unspecified atom stereocenters. The van der Waals surface area contributed by atoms with Gasteiger partial charge in [0, 0.05) is 122 Å². The average Bonchev–Trinajstić information content (AvgIpc) is 1.55. The van der Waals surface area contributed by atoms with Crippen molar-refractivity contribution in [3.63, 3.8) is 0 Å². The number of carbonyl (C=O) groups excluding carboxylic acids is 7. The Bertz CT molecular complexity index is 5720. The molecule has 5 aromatic heterocycles. The number of aryl methyl sites for hydroxylation is 2. The number of hydrogen-bond acceptors (Lipinski definition) is 31. The Hall–Kier alpha value is -12.7. The van der Waals surface area contributed by atoms with E-state index in [4.69, 9.17) is 50.4 Å². The van der Waals surface area contributed by atoms with E-state index in [1.807, 2.05) is 0 Å². The van der Waals surface area contributed by atoms with E-state index >= 15 is 0 Å². The molecule has 5 amide bonds. The Balaban J connectivity index is 0.582. The van der Waals surface area contributed by atoms with Gasteiger partial charge in [-0.15, -0.1) is 25.1 Å². The van der Waals surface area contributed by atoms with E-state index in [9.17, 15) is 82.2 Å². The predicted octanol–water partition coefficient (Wildman–Crippen LogP) is 3.66. The van der Waals surface area contributed by atoms with Gasteiger partial charge in [0.15, 0.2) is 28.4 Å². The molecule has 656 valence electrons. The number of Topliss-reactive ketones (excluding diaryl/α,β-unsaturated/α-hetero) is 2. The summed E-state index contributed by atoms with van der Waals surface area (Å²) < 4.78 is 66.3. The summed E-state index contributed by atoms with van der Waals surface area (Å²) in [4.78, 5) is 139. The maximum atomic E-state index is 14.7. The van der Waals surface area contributed by atoms with Crippen molar-refractivity contribution in [1.29, 1.82) is 0 Å².